The number of hydrogen-bond donors (Lipinski definition) is 1. The molecular formula is C14H17NO3S. The first-order chi connectivity index (χ1) is 9.11. The molecule has 0 spiro atoms. The molecule has 0 bridgehead atoms. The average Bonchev–Trinajstić information content (AvgIpc) is 2.96. The van der Waals surface area contributed by atoms with Crippen LogP contribution in [-0.4, -0.2) is 13.1 Å². The van der Waals surface area contributed by atoms with Crippen molar-refractivity contribution < 1.29 is 13.9 Å². The van der Waals surface area contributed by atoms with Crippen molar-refractivity contribution in [3.63, 3.8) is 0 Å². The number of thiophene rings is 1. The minimum atomic E-state index is -0.360. The zero-order chi connectivity index (χ0) is 13.8. The van der Waals surface area contributed by atoms with E-state index in [-0.39, 0.29) is 5.97 Å². The Balaban J connectivity index is 1.93. The molecule has 0 saturated carbocycles. The van der Waals surface area contributed by atoms with Crippen LogP contribution in [0.2, 0.25) is 0 Å². The van der Waals surface area contributed by atoms with Gasteiger partial charge in [0.1, 0.15) is 17.1 Å². The van der Waals surface area contributed by atoms with Crippen LogP contribution in [0.15, 0.2) is 21.2 Å². The van der Waals surface area contributed by atoms with Crippen LogP contribution in [0, 0.1) is 13.8 Å². The number of carbonyl (C=O) groups excluding carboxylic acids is 1. The van der Waals surface area contributed by atoms with Gasteiger partial charge >= 0.3 is 5.97 Å². The monoisotopic (exact) mass is 279 g/mol. The number of furan rings is 1. The minimum absolute atomic E-state index is 0.360. The summed E-state index contributed by atoms with van der Waals surface area (Å²) in [4.78, 5) is 11.5. The molecule has 5 heteroatoms. The highest BCUT2D eigenvalue weighted by molar-refractivity contribution is 7.08. The number of aryl methyl sites for hydroxylation is 2. The SMILES string of the molecule is COC(=O)c1cc(CNCc2cscc2C)oc1C. The summed E-state index contributed by atoms with van der Waals surface area (Å²) in [5.74, 6) is 0.974. The molecule has 4 nitrogen and oxygen atoms in total. The molecule has 0 atom stereocenters. The lowest BCUT2D eigenvalue weighted by Gasteiger charge is -2.01. The van der Waals surface area contributed by atoms with Crippen molar-refractivity contribution in [1.82, 2.24) is 5.32 Å². The van der Waals surface area contributed by atoms with Gasteiger partial charge in [-0.25, -0.2) is 4.79 Å². The summed E-state index contributed by atoms with van der Waals surface area (Å²) in [5.41, 5.74) is 3.08. The first kappa shape index (κ1) is 13.8. The summed E-state index contributed by atoms with van der Waals surface area (Å²) in [6, 6.07) is 1.73. The summed E-state index contributed by atoms with van der Waals surface area (Å²) in [7, 11) is 1.37. The normalized spacial score (nSPS) is 10.7. The molecule has 19 heavy (non-hydrogen) atoms. The van der Waals surface area contributed by atoms with Crippen molar-refractivity contribution in [3.05, 3.63) is 45.0 Å². The number of hydrogen-bond acceptors (Lipinski definition) is 5. The summed E-state index contributed by atoms with van der Waals surface area (Å²) < 4.78 is 10.2. The van der Waals surface area contributed by atoms with E-state index in [1.54, 1.807) is 24.3 Å². The van der Waals surface area contributed by atoms with Gasteiger partial charge in [0.2, 0.25) is 0 Å². The molecule has 2 rings (SSSR count). The zero-order valence-electron chi connectivity index (χ0n) is 11.3. The molecule has 0 aromatic carbocycles. The van der Waals surface area contributed by atoms with Crippen LogP contribution in [0.3, 0.4) is 0 Å². The lowest BCUT2D eigenvalue weighted by molar-refractivity contribution is 0.0599. The van der Waals surface area contributed by atoms with Crippen LogP contribution in [0.25, 0.3) is 0 Å². The standard InChI is InChI=1S/C14H17NO3S/c1-9-7-19-8-11(9)5-15-6-12-4-13(10(2)18-12)14(16)17-3/h4,7-8,15H,5-6H2,1-3H3. The Morgan fingerprint density at radius 3 is 2.79 bits per heavy atom. The van der Waals surface area contributed by atoms with Gasteiger partial charge in [0, 0.05) is 6.54 Å². The second-order valence-corrected chi connectivity index (χ2v) is 5.10. The first-order valence-electron chi connectivity index (χ1n) is 6.02. The highest BCUT2D eigenvalue weighted by atomic mass is 32.1. The average molecular weight is 279 g/mol. The zero-order valence-corrected chi connectivity index (χ0v) is 12.1. The van der Waals surface area contributed by atoms with E-state index in [0.717, 1.165) is 12.3 Å². The van der Waals surface area contributed by atoms with Gasteiger partial charge in [0.25, 0.3) is 0 Å². The fraction of sp³-hybridized carbons (Fsp3) is 0.357. The molecule has 0 amide bonds. The van der Waals surface area contributed by atoms with Crippen molar-refractivity contribution in [1.29, 1.82) is 0 Å². The van der Waals surface area contributed by atoms with Crippen LogP contribution in [0.1, 0.15) is 33.0 Å². The predicted molar refractivity (Wildman–Crippen MR) is 74.4 cm³/mol. The molecular weight excluding hydrogens is 262 g/mol. The minimum Gasteiger partial charge on any atom is -0.465 e. The third kappa shape index (κ3) is 3.24. The lowest BCUT2D eigenvalue weighted by atomic mass is 10.2. The Morgan fingerprint density at radius 2 is 2.16 bits per heavy atom. The second kappa shape index (κ2) is 6.04. The van der Waals surface area contributed by atoms with Gasteiger partial charge in [0.05, 0.1) is 13.7 Å². The van der Waals surface area contributed by atoms with Crippen molar-refractivity contribution in [2.24, 2.45) is 0 Å². The first-order valence-corrected chi connectivity index (χ1v) is 6.96. The highest BCUT2D eigenvalue weighted by Crippen LogP contribution is 2.16. The van der Waals surface area contributed by atoms with Crippen LogP contribution in [-0.2, 0) is 17.8 Å². The van der Waals surface area contributed by atoms with Crippen molar-refractivity contribution in [3.8, 4) is 0 Å². The molecule has 1 N–H and O–H groups in total. The maximum atomic E-state index is 11.5. The largest absolute Gasteiger partial charge is 0.465 e. The quantitative estimate of drug-likeness (QED) is 0.855. The fourth-order valence-corrected chi connectivity index (χ4v) is 2.69. The van der Waals surface area contributed by atoms with E-state index in [1.165, 1.54) is 18.2 Å². The summed E-state index contributed by atoms with van der Waals surface area (Å²) >= 11 is 1.70. The van der Waals surface area contributed by atoms with E-state index < -0.39 is 0 Å². The molecule has 0 unspecified atom stereocenters. The number of carbonyl (C=O) groups is 1. The third-order valence-electron chi connectivity index (χ3n) is 2.95. The van der Waals surface area contributed by atoms with E-state index >= 15 is 0 Å². The van der Waals surface area contributed by atoms with Crippen molar-refractivity contribution in [2.75, 3.05) is 7.11 Å². The van der Waals surface area contributed by atoms with Gasteiger partial charge in [-0.05, 0) is 41.8 Å². The fourth-order valence-electron chi connectivity index (χ4n) is 1.83. The molecule has 0 fully saturated rings. The molecule has 2 aromatic rings. The maximum Gasteiger partial charge on any atom is 0.341 e. The van der Waals surface area contributed by atoms with E-state index in [0.29, 0.717) is 17.9 Å². The van der Waals surface area contributed by atoms with Crippen LogP contribution in [0.4, 0.5) is 0 Å². The second-order valence-electron chi connectivity index (χ2n) is 4.36. The van der Waals surface area contributed by atoms with Gasteiger partial charge in [-0.2, -0.15) is 11.3 Å². The summed E-state index contributed by atoms with van der Waals surface area (Å²) in [5, 5.41) is 7.57. The van der Waals surface area contributed by atoms with Gasteiger partial charge in [-0.15, -0.1) is 0 Å². The van der Waals surface area contributed by atoms with Gasteiger partial charge in [-0.3, -0.25) is 0 Å². The van der Waals surface area contributed by atoms with Gasteiger partial charge < -0.3 is 14.5 Å². The molecule has 102 valence electrons. The molecule has 0 aliphatic heterocycles. The van der Waals surface area contributed by atoms with E-state index in [1.807, 2.05) is 0 Å². The number of nitrogens with one attached hydrogen (secondary N) is 1. The van der Waals surface area contributed by atoms with Gasteiger partial charge in [-0.1, -0.05) is 0 Å². The Hall–Kier alpha value is -1.59. The number of methoxy groups -OCH3 is 1. The van der Waals surface area contributed by atoms with Crippen LogP contribution < -0.4 is 5.32 Å². The Morgan fingerprint density at radius 1 is 1.37 bits per heavy atom. The Bertz CT molecular complexity index is 571. The topological polar surface area (TPSA) is 51.5 Å². The third-order valence-corrected chi connectivity index (χ3v) is 3.86. The predicted octanol–water partition coefficient (Wildman–Crippen LogP) is 3.03. The molecule has 2 heterocycles. The van der Waals surface area contributed by atoms with E-state index in [4.69, 9.17) is 9.15 Å². The maximum absolute atomic E-state index is 11.5. The number of rotatable bonds is 5. The van der Waals surface area contributed by atoms with Crippen LogP contribution >= 0.6 is 11.3 Å². The van der Waals surface area contributed by atoms with Crippen molar-refractivity contribution >= 4 is 17.3 Å². The van der Waals surface area contributed by atoms with E-state index in [2.05, 4.69) is 23.0 Å². The Kier molecular flexibility index (Phi) is 4.39. The number of esters is 1. The lowest BCUT2D eigenvalue weighted by Crippen LogP contribution is -2.12. The summed E-state index contributed by atoms with van der Waals surface area (Å²) in [6.07, 6.45) is 0. The highest BCUT2D eigenvalue weighted by Gasteiger charge is 2.14. The van der Waals surface area contributed by atoms with Crippen LogP contribution in [0.5, 0.6) is 0 Å². The van der Waals surface area contributed by atoms with Crippen molar-refractivity contribution in [2.45, 2.75) is 26.9 Å². The molecule has 0 aliphatic rings. The smallest absolute Gasteiger partial charge is 0.341 e. The molecule has 0 saturated heterocycles. The molecule has 0 radical (unpaired) electrons. The summed E-state index contributed by atoms with van der Waals surface area (Å²) in [6.45, 7) is 5.24. The van der Waals surface area contributed by atoms with Gasteiger partial charge in [0.15, 0.2) is 0 Å². The van der Waals surface area contributed by atoms with E-state index in [9.17, 15) is 4.79 Å². The molecule has 0 aliphatic carbocycles. The molecule has 2 aromatic heterocycles. The number of ether oxygens (including phenoxy) is 1. The Labute approximate surface area is 116 Å².